The van der Waals surface area contributed by atoms with Gasteiger partial charge in [0.15, 0.2) is 0 Å². The summed E-state index contributed by atoms with van der Waals surface area (Å²) in [6, 6.07) is 0. The fraction of sp³-hybridized carbons (Fsp3) is 0.800. The normalized spacial score (nSPS) is 33.2. The molecule has 0 saturated carbocycles. The molecule has 0 spiro atoms. The molecule has 0 N–H and O–H groups in total. The van der Waals surface area contributed by atoms with Gasteiger partial charge in [-0.05, 0) is 33.6 Å². The predicted molar refractivity (Wildman–Crippen MR) is 60.8 cm³/mol. The van der Waals surface area contributed by atoms with E-state index in [1.54, 1.807) is 0 Å². The third kappa shape index (κ3) is 2.73. The molecule has 1 fully saturated rings. The van der Waals surface area contributed by atoms with Crippen molar-refractivity contribution in [3.8, 4) is 0 Å². The van der Waals surface area contributed by atoms with Gasteiger partial charge in [0, 0.05) is 4.43 Å². The molecule has 2 unspecified atom stereocenters. The minimum absolute atomic E-state index is 0.202. The first-order valence-corrected chi connectivity index (χ1v) is 5.98. The Morgan fingerprint density at radius 3 is 2.67 bits per heavy atom. The lowest BCUT2D eigenvalue weighted by Gasteiger charge is -2.02. The van der Waals surface area contributed by atoms with Crippen molar-refractivity contribution in [2.75, 3.05) is 4.43 Å². The summed E-state index contributed by atoms with van der Waals surface area (Å²) in [5, 5.41) is 0. The predicted octanol–water partition coefficient (Wildman–Crippen LogP) is 3.33. The molecule has 0 aromatic rings. The maximum Gasteiger partial charge on any atom is 0.0960 e. The Balaban J connectivity index is 2.21. The van der Waals surface area contributed by atoms with E-state index in [0.717, 1.165) is 10.8 Å². The molecule has 1 aliphatic rings. The molecule has 1 nitrogen and oxygen atoms in total. The molecule has 0 aromatic carbocycles. The zero-order valence-electron chi connectivity index (χ0n) is 8.06. The third-order valence-electron chi connectivity index (χ3n) is 2.37. The average molecular weight is 280 g/mol. The van der Waals surface area contributed by atoms with Gasteiger partial charge >= 0.3 is 0 Å². The van der Waals surface area contributed by atoms with Crippen molar-refractivity contribution in [3.63, 3.8) is 0 Å². The van der Waals surface area contributed by atoms with Crippen molar-refractivity contribution in [2.24, 2.45) is 0 Å². The highest BCUT2D eigenvalue weighted by molar-refractivity contribution is 14.1. The Labute approximate surface area is 88.7 Å². The number of epoxide rings is 1. The molecule has 70 valence electrons. The lowest BCUT2D eigenvalue weighted by Crippen LogP contribution is -2.09. The first-order valence-electron chi connectivity index (χ1n) is 4.45. The van der Waals surface area contributed by atoms with Crippen LogP contribution in [0.25, 0.3) is 0 Å². The SMILES string of the molecule is CC(C)=CCCC1(C)OC1CI. The average Bonchev–Trinajstić information content (AvgIpc) is 2.61. The Morgan fingerprint density at radius 2 is 2.25 bits per heavy atom. The van der Waals surface area contributed by atoms with Crippen molar-refractivity contribution < 1.29 is 4.74 Å². The molecular weight excluding hydrogens is 263 g/mol. The highest BCUT2D eigenvalue weighted by Gasteiger charge is 2.50. The molecule has 12 heavy (non-hydrogen) atoms. The van der Waals surface area contributed by atoms with E-state index in [-0.39, 0.29) is 5.60 Å². The molecule has 0 aromatic heterocycles. The zero-order chi connectivity index (χ0) is 9.19. The number of hydrogen-bond acceptors (Lipinski definition) is 1. The van der Waals surface area contributed by atoms with Gasteiger partial charge in [0.2, 0.25) is 0 Å². The molecule has 1 aliphatic heterocycles. The summed E-state index contributed by atoms with van der Waals surface area (Å²) in [5.41, 5.74) is 1.61. The monoisotopic (exact) mass is 280 g/mol. The highest BCUT2D eigenvalue weighted by atomic mass is 127. The Morgan fingerprint density at radius 1 is 1.58 bits per heavy atom. The minimum atomic E-state index is 0.202. The van der Waals surface area contributed by atoms with Gasteiger partial charge in [0.25, 0.3) is 0 Å². The topological polar surface area (TPSA) is 12.5 Å². The van der Waals surface area contributed by atoms with Crippen LogP contribution >= 0.6 is 22.6 Å². The first kappa shape index (κ1) is 10.5. The summed E-state index contributed by atoms with van der Waals surface area (Å²) in [7, 11) is 0. The largest absolute Gasteiger partial charge is 0.366 e. The van der Waals surface area contributed by atoms with Gasteiger partial charge in [0.05, 0.1) is 11.7 Å². The highest BCUT2D eigenvalue weighted by Crippen LogP contribution is 2.41. The summed E-state index contributed by atoms with van der Waals surface area (Å²) in [6.45, 7) is 6.51. The Hall–Kier alpha value is 0.430. The molecule has 1 saturated heterocycles. The summed E-state index contributed by atoms with van der Waals surface area (Å²) < 4.78 is 6.73. The van der Waals surface area contributed by atoms with Crippen LogP contribution in [0.1, 0.15) is 33.6 Å². The van der Waals surface area contributed by atoms with Crippen LogP contribution in [-0.4, -0.2) is 16.1 Å². The van der Waals surface area contributed by atoms with Gasteiger partial charge in [-0.25, -0.2) is 0 Å². The van der Waals surface area contributed by atoms with Crippen LogP contribution in [0.2, 0.25) is 0 Å². The molecule has 2 atom stereocenters. The molecule has 0 aliphatic carbocycles. The summed E-state index contributed by atoms with van der Waals surface area (Å²) in [5.74, 6) is 0. The van der Waals surface area contributed by atoms with Crippen LogP contribution < -0.4 is 0 Å². The maximum atomic E-state index is 5.60. The van der Waals surface area contributed by atoms with Gasteiger partial charge in [-0.15, -0.1) is 0 Å². The van der Waals surface area contributed by atoms with Crippen molar-refractivity contribution in [1.29, 1.82) is 0 Å². The number of hydrogen-bond donors (Lipinski definition) is 0. The summed E-state index contributed by atoms with van der Waals surface area (Å²) in [4.78, 5) is 0. The molecule has 0 radical (unpaired) electrons. The van der Waals surface area contributed by atoms with Gasteiger partial charge < -0.3 is 4.74 Å². The lowest BCUT2D eigenvalue weighted by atomic mass is 10.0. The molecule has 0 bridgehead atoms. The van der Waals surface area contributed by atoms with E-state index >= 15 is 0 Å². The summed E-state index contributed by atoms with van der Waals surface area (Å²) >= 11 is 2.39. The second kappa shape index (κ2) is 4.09. The lowest BCUT2D eigenvalue weighted by molar-refractivity contribution is 0.301. The first-order chi connectivity index (χ1) is 5.58. The van der Waals surface area contributed by atoms with E-state index < -0.39 is 0 Å². The van der Waals surface area contributed by atoms with E-state index in [4.69, 9.17) is 4.74 Å². The number of ether oxygens (including phenoxy) is 1. The van der Waals surface area contributed by atoms with E-state index in [0.29, 0.717) is 6.10 Å². The quantitative estimate of drug-likeness (QED) is 0.333. The van der Waals surface area contributed by atoms with Gasteiger partial charge in [-0.1, -0.05) is 34.2 Å². The van der Waals surface area contributed by atoms with Gasteiger partial charge in [0.1, 0.15) is 0 Å². The van der Waals surface area contributed by atoms with Crippen molar-refractivity contribution in [2.45, 2.75) is 45.3 Å². The van der Waals surface area contributed by atoms with Crippen LogP contribution in [-0.2, 0) is 4.74 Å². The summed E-state index contributed by atoms with van der Waals surface area (Å²) in [6.07, 6.45) is 5.14. The number of alkyl halides is 1. The van der Waals surface area contributed by atoms with Crippen LogP contribution in [0, 0.1) is 0 Å². The fourth-order valence-corrected chi connectivity index (χ4v) is 2.46. The molecule has 1 heterocycles. The molecule has 0 amide bonds. The standard InChI is InChI=1S/C10H17IO/c1-8(2)5-4-6-10(3)9(7-11)12-10/h5,9H,4,6-7H2,1-3H3. The van der Waals surface area contributed by atoms with Crippen LogP contribution in [0.4, 0.5) is 0 Å². The molecule has 1 rings (SSSR count). The van der Waals surface area contributed by atoms with Crippen molar-refractivity contribution in [3.05, 3.63) is 11.6 Å². The molecule has 2 heteroatoms. The number of halogens is 1. The molecular formula is C10H17IO. The van der Waals surface area contributed by atoms with E-state index in [2.05, 4.69) is 49.4 Å². The fourth-order valence-electron chi connectivity index (χ4n) is 1.35. The third-order valence-corrected chi connectivity index (χ3v) is 3.17. The van der Waals surface area contributed by atoms with Crippen molar-refractivity contribution >= 4 is 22.6 Å². The van der Waals surface area contributed by atoms with E-state index in [1.165, 1.54) is 12.0 Å². The second-order valence-corrected chi connectivity index (χ2v) is 4.77. The number of rotatable bonds is 4. The van der Waals surface area contributed by atoms with Gasteiger partial charge in [-0.2, -0.15) is 0 Å². The Kier molecular flexibility index (Phi) is 3.58. The zero-order valence-corrected chi connectivity index (χ0v) is 10.2. The maximum absolute atomic E-state index is 5.60. The van der Waals surface area contributed by atoms with Crippen molar-refractivity contribution in [1.82, 2.24) is 0 Å². The van der Waals surface area contributed by atoms with Crippen LogP contribution in [0.15, 0.2) is 11.6 Å². The van der Waals surface area contributed by atoms with Crippen LogP contribution in [0.5, 0.6) is 0 Å². The van der Waals surface area contributed by atoms with E-state index in [9.17, 15) is 0 Å². The number of allylic oxidation sites excluding steroid dienone is 2. The minimum Gasteiger partial charge on any atom is -0.366 e. The second-order valence-electron chi connectivity index (χ2n) is 3.89. The van der Waals surface area contributed by atoms with Crippen LogP contribution in [0.3, 0.4) is 0 Å². The Bertz CT molecular complexity index is 184. The smallest absolute Gasteiger partial charge is 0.0960 e. The van der Waals surface area contributed by atoms with Gasteiger partial charge in [-0.3, -0.25) is 0 Å². The van der Waals surface area contributed by atoms with E-state index in [1.807, 2.05) is 0 Å².